The smallest absolute Gasteiger partial charge is 0.410 e. The van der Waals surface area contributed by atoms with Gasteiger partial charge in [0.25, 0.3) is 5.91 Å². The summed E-state index contributed by atoms with van der Waals surface area (Å²) in [6, 6.07) is 17.1. The van der Waals surface area contributed by atoms with Crippen LogP contribution in [0.25, 0.3) is 0 Å². The Morgan fingerprint density at radius 1 is 1.00 bits per heavy atom. The molecule has 0 radical (unpaired) electrons. The molecule has 2 amide bonds. The van der Waals surface area contributed by atoms with E-state index >= 15 is 0 Å². The molecule has 2 aromatic rings. The van der Waals surface area contributed by atoms with Crippen molar-refractivity contribution < 1.29 is 14.3 Å². The Morgan fingerprint density at radius 2 is 1.79 bits per heavy atom. The van der Waals surface area contributed by atoms with E-state index in [4.69, 9.17) is 21.3 Å². The average molecular weight is 479 g/mol. The normalized spacial score (nSPS) is 18.2. The minimum Gasteiger partial charge on any atom is -0.445 e. The third-order valence-electron chi connectivity index (χ3n) is 6.39. The summed E-state index contributed by atoms with van der Waals surface area (Å²) in [7, 11) is 0. The van der Waals surface area contributed by atoms with Gasteiger partial charge in [-0.05, 0) is 36.1 Å². The number of benzene rings is 2. The van der Waals surface area contributed by atoms with Crippen LogP contribution in [0.4, 0.5) is 4.79 Å². The quantitative estimate of drug-likeness (QED) is 0.652. The van der Waals surface area contributed by atoms with Crippen molar-refractivity contribution in [2.45, 2.75) is 32.4 Å². The zero-order valence-corrected chi connectivity index (χ0v) is 19.7. The summed E-state index contributed by atoms with van der Waals surface area (Å²) in [5.74, 6) is 0.624. The van der Waals surface area contributed by atoms with Crippen LogP contribution in [0.2, 0.25) is 5.02 Å². The molecule has 0 aromatic heterocycles. The average Bonchev–Trinajstić information content (AvgIpc) is 3.13. The fourth-order valence-corrected chi connectivity index (χ4v) is 4.74. The van der Waals surface area contributed by atoms with Gasteiger partial charge >= 0.3 is 6.09 Å². The number of hydrogen-bond acceptors (Lipinski definition) is 5. The molecule has 0 spiro atoms. The van der Waals surface area contributed by atoms with Gasteiger partial charge in [0, 0.05) is 36.8 Å². The van der Waals surface area contributed by atoms with Crippen molar-refractivity contribution in [3.05, 3.63) is 82.0 Å². The SMILES string of the molecule is O=C(OCc1ccccc1)N1CCC2=C(C1)C(=O)N(Cc1ccc(Cl)cc1)C1=NCCCCN12. The van der Waals surface area contributed by atoms with Gasteiger partial charge in [0.15, 0.2) is 0 Å². The standard InChI is InChI=1S/C26H27ClN4O3/c27-21-10-8-19(9-11-21)16-31-24(32)22-17-29(26(33)34-18-20-6-2-1-3-7-20)15-12-23(22)30-14-5-4-13-28-25(30)31/h1-3,6-11H,4-5,12-18H2. The maximum absolute atomic E-state index is 13.7. The highest BCUT2D eigenvalue weighted by atomic mass is 35.5. The summed E-state index contributed by atoms with van der Waals surface area (Å²) < 4.78 is 5.53. The fraction of sp³-hybridized carbons (Fsp3) is 0.346. The van der Waals surface area contributed by atoms with Crippen molar-refractivity contribution in [1.82, 2.24) is 14.7 Å². The number of rotatable bonds is 4. The number of ether oxygens (including phenoxy) is 1. The molecule has 5 rings (SSSR count). The molecule has 3 aliphatic rings. The van der Waals surface area contributed by atoms with Gasteiger partial charge in [-0.1, -0.05) is 54.1 Å². The van der Waals surface area contributed by atoms with Gasteiger partial charge in [-0.15, -0.1) is 0 Å². The van der Waals surface area contributed by atoms with Crippen molar-refractivity contribution in [3.63, 3.8) is 0 Å². The third-order valence-corrected chi connectivity index (χ3v) is 6.64. The van der Waals surface area contributed by atoms with E-state index in [2.05, 4.69) is 4.90 Å². The summed E-state index contributed by atoms with van der Waals surface area (Å²) in [6.45, 7) is 2.89. The third kappa shape index (κ3) is 4.66. The number of guanidine groups is 1. The Morgan fingerprint density at radius 3 is 2.59 bits per heavy atom. The highest BCUT2D eigenvalue weighted by Gasteiger charge is 2.40. The summed E-state index contributed by atoms with van der Waals surface area (Å²) in [5, 5.41) is 0.657. The molecule has 0 unspecified atom stereocenters. The summed E-state index contributed by atoms with van der Waals surface area (Å²) in [6.07, 6.45) is 2.21. The highest BCUT2D eigenvalue weighted by molar-refractivity contribution is 6.30. The van der Waals surface area contributed by atoms with Crippen molar-refractivity contribution in [2.75, 3.05) is 26.2 Å². The van der Waals surface area contributed by atoms with E-state index in [0.29, 0.717) is 36.7 Å². The molecule has 0 N–H and O–H groups in total. The van der Waals surface area contributed by atoms with Crippen LogP contribution < -0.4 is 0 Å². The predicted octanol–water partition coefficient (Wildman–Crippen LogP) is 4.43. The van der Waals surface area contributed by atoms with Crippen LogP contribution in [-0.2, 0) is 22.7 Å². The molecule has 34 heavy (non-hydrogen) atoms. The van der Waals surface area contributed by atoms with Crippen molar-refractivity contribution in [1.29, 1.82) is 0 Å². The van der Waals surface area contributed by atoms with Gasteiger partial charge < -0.3 is 14.5 Å². The first-order chi connectivity index (χ1) is 16.6. The maximum atomic E-state index is 13.7. The van der Waals surface area contributed by atoms with E-state index in [1.165, 1.54) is 0 Å². The van der Waals surface area contributed by atoms with E-state index in [9.17, 15) is 9.59 Å². The lowest BCUT2D eigenvalue weighted by atomic mass is 10.0. The second-order valence-corrected chi connectivity index (χ2v) is 9.13. The van der Waals surface area contributed by atoms with Crippen molar-refractivity contribution in [2.24, 2.45) is 4.99 Å². The first-order valence-corrected chi connectivity index (χ1v) is 12.0. The van der Waals surface area contributed by atoms with E-state index in [0.717, 1.165) is 42.2 Å². The van der Waals surface area contributed by atoms with E-state index in [1.54, 1.807) is 9.80 Å². The van der Waals surface area contributed by atoms with Crippen molar-refractivity contribution in [3.8, 4) is 0 Å². The van der Waals surface area contributed by atoms with Crippen LogP contribution in [0, 0.1) is 0 Å². The van der Waals surface area contributed by atoms with Crippen LogP contribution in [0.5, 0.6) is 0 Å². The molecule has 3 aliphatic heterocycles. The Balaban J connectivity index is 1.37. The largest absolute Gasteiger partial charge is 0.445 e. The second kappa shape index (κ2) is 9.89. The first kappa shape index (κ1) is 22.5. The molecule has 0 aliphatic carbocycles. The molecule has 176 valence electrons. The molecule has 0 saturated carbocycles. The van der Waals surface area contributed by atoms with E-state index < -0.39 is 6.09 Å². The van der Waals surface area contributed by atoms with Gasteiger partial charge in [-0.3, -0.25) is 14.7 Å². The Hall–Kier alpha value is -3.32. The molecule has 0 atom stereocenters. The molecule has 0 fully saturated rings. The second-order valence-electron chi connectivity index (χ2n) is 8.70. The molecule has 2 aromatic carbocycles. The lowest BCUT2D eigenvalue weighted by Gasteiger charge is -2.43. The number of fused-ring (bicyclic) bond motifs is 2. The number of halogens is 1. The molecule has 3 heterocycles. The van der Waals surface area contributed by atoms with Crippen molar-refractivity contribution >= 4 is 29.6 Å². The molecular formula is C26H27ClN4O3. The Labute approximate surface area is 204 Å². The summed E-state index contributed by atoms with van der Waals surface area (Å²) >= 11 is 6.05. The number of hydrogen-bond donors (Lipinski definition) is 0. The van der Waals surface area contributed by atoms with Crippen LogP contribution in [0.1, 0.15) is 30.4 Å². The first-order valence-electron chi connectivity index (χ1n) is 11.7. The molecular weight excluding hydrogens is 452 g/mol. The molecule has 0 bridgehead atoms. The van der Waals surface area contributed by atoms with Crippen LogP contribution in [0.15, 0.2) is 70.9 Å². The van der Waals surface area contributed by atoms with Gasteiger partial charge in [-0.2, -0.15) is 0 Å². The van der Waals surface area contributed by atoms with Gasteiger partial charge in [-0.25, -0.2) is 4.79 Å². The molecule has 0 saturated heterocycles. The monoisotopic (exact) mass is 478 g/mol. The van der Waals surface area contributed by atoms with Gasteiger partial charge in [0.05, 0.1) is 18.7 Å². The van der Waals surface area contributed by atoms with Gasteiger partial charge in [0.1, 0.15) is 6.61 Å². The summed E-state index contributed by atoms with van der Waals surface area (Å²) in [4.78, 5) is 36.8. The zero-order chi connectivity index (χ0) is 23.5. The minimum absolute atomic E-state index is 0.0950. The predicted molar refractivity (Wildman–Crippen MR) is 130 cm³/mol. The van der Waals surface area contributed by atoms with Crippen LogP contribution in [-0.4, -0.2) is 58.8 Å². The highest BCUT2D eigenvalue weighted by Crippen LogP contribution is 2.32. The number of nitrogens with zero attached hydrogens (tertiary/aromatic N) is 4. The molecule has 7 nitrogen and oxygen atoms in total. The number of carbonyl (C=O) groups is 2. The van der Waals surface area contributed by atoms with Crippen LogP contribution >= 0.6 is 11.6 Å². The lowest BCUT2D eigenvalue weighted by Crippen LogP contribution is -2.55. The lowest BCUT2D eigenvalue weighted by molar-refractivity contribution is -0.125. The Kier molecular flexibility index (Phi) is 6.54. The van der Waals surface area contributed by atoms with E-state index in [-0.39, 0.29) is 19.1 Å². The maximum Gasteiger partial charge on any atom is 0.410 e. The van der Waals surface area contributed by atoms with Gasteiger partial charge in [0.2, 0.25) is 5.96 Å². The zero-order valence-electron chi connectivity index (χ0n) is 19.0. The Bertz CT molecular complexity index is 1130. The summed E-state index contributed by atoms with van der Waals surface area (Å²) in [5.41, 5.74) is 3.55. The number of aliphatic imine (C=N–C) groups is 1. The minimum atomic E-state index is -0.400. The fourth-order valence-electron chi connectivity index (χ4n) is 4.61. The number of amides is 2. The number of carbonyl (C=O) groups excluding carboxylic acids is 2. The van der Waals surface area contributed by atoms with E-state index in [1.807, 2.05) is 54.6 Å². The molecule has 8 heteroatoms. The topological polar surface area (TPSA) is 65.5 Å². The van der Waals surface area contributed by atoms with Crippen LogP contribution in [0.3, 0.4) is 0 Å².